The summed E-state index contributed by atoms with van der Waals surface area (Å²) < 4.78 is 36.8. The lowest BCUT2D eigenvalue weighted by Crippen LogP contribution is -2.47. The van der Waals surface area contributed by atoms with Crippen LogP contribution in [0.15, 0.2) is 0 Å². The molecule has 0 aromatic heterocycles. The van der Waals surface area contributed by atoms with Crippen LogP contribution in [0.2, 0.25) is 0 Å². The van der Waals surface area contributed by atoms with Gasteiger partial charge in [-0.15, -0.1) is 0 Å². The maximum absolute atomic E-state index is 12.3. The third-order valence-corrected chi connectivity index (χ3v) is 3.26. The maximum Gasteiger partial charge on any atom is 0.415 e. The highest BCUT2D eigenvalue weighted by Gasteiger charge is 2.40. The number of aliphatic hydroxyl groups is 2. The van der Waals surface area contributed by atoms with E-state index in [-0.39, 0.29) is 19.2 Å². The molecule has 6 heteroatoms. The van der Waals surface area contributed by atoms with Crippen LogP contribution < -0.4 is 0 Å². The summed E-state index contributed by atoms with van der Waals surface area (Å²) >= 11 is 0. The summed E-state index contributed by atoms with van der Waals surface area (Å²) in [5.41, 5.74) is 0. The quantitative estimate of drug-likeness (QED) is 0.783. The third-order valence-electron chi connectivity index (χ3n) is 3.26. The molecular formula is C11H20F3NO2. The van der Waals surface area contributed by atoms with Crippen LogP contribution in [0, 0.1) is 0 Å². The first kappa shape index (κ1) is 14.7. The highest BCUT2D eigenvalue weighted by atomic mass is 19.4. The molecular weight excluding hydrogens is 235 g/mol. The molecule has 102 valence electrons. The van der Waals surface area contributed by atoms with Crippen LogP contribution in [0.25, 0.3) is 0 Å². The van der Waals surface area contributed by atoms with E-state index in [2.05, 4.69) is 0 Å². The lowest BCUT2D eigenvalue weighted by molar-refractivity contribution is -0.210. The molecule has 0 bridgehead atoms. The first-order valence-corrected chi connectivity index (χ1v) is 6.05. The second kappa shape index (κ2) is 6.56. The topological polar surface area (TPSA) is 43.7 Å². The fourth-order valence-electron chi connectivity index (χ4n) is 2.32. The van der Waals surface area contributed by atoms with Gasteiger partial charge < -0.3 is 10.2 Å². The molecule has 2 N–H and O–H groups in total. The van der Waals surface area contributed by atoms with Gasteiger partial charge in [0.2, 0.25) is 0 Å². The number of nitrogens with zero attached hydrogens (tertiary/aromatic N) is 1. The van der Waals surface area contributed by atoms with Crippen LogP contribution in [0.1, 0.15) is 32.1 Å². The molecule has 0 spiro atoms. The molecule has 0 radical (unpaired) electrons. The maximum atomic E-state index is 12.3. The normalized spacial score (nSPS) is 20.8. The highest BCUT2D eigenvalue weighted by molar-refractivity contribution is 4.79. The van der Waals surface area contributed by atoms with Crippen molar-refractivity contribution < 1.29 is 23.4 Å². The molecule has 1 fully saturated rings. The zero-order chi connectivity index (χ0) is 12.9. The van der Waals surface area contributed by atoms with Gasteiger partial charge in [-0.25, -0.2) is 0 Å². The minimum absolute atomic E-state index is 0.0629. The van der Waals surface area contributed by atoms with E-state index in [0.29, 0.717) is 0 Å². The van der Waals surface area contributed by atoms with E-state index in [4.69, 9.17) is 10.2 Å². The minimum Gasteiger partial charge on any atom is -0.395 e. The van der Waals surface area contributed by atoms with Crippen LogP contribution in [0.5, 0.6) is 0 Å². The molecule has 3 nitrogen and oxygen atoms in total. The van der Waals surface area contributed by atoms with Gasteiger partial charge in [0.25, 0.3) is 0 Å². The monoisotopic (exact) mass is 255 g/mol. The van der Waals surface area contributed by atoms with E-state index in [9.17, 15) is 13.2 Å². The molecule has 17 heavy (non-hydrogen) atoms. The lowest BCUT2D eigenvalue weighted by Gasteiger charge is -2.35. The second-order valence-electron chi connectivity index (χ2n) is 4.57. The Balaban J connectivity index is 2.52. The molecule has 0 aromatic rings. The van der Waals surface area contributed by atoms with Crippen molar-refractivity contribution in [1.29, 1.82) is 0 Å². The Labute approximate surface area is 99.2 Å². The smallest absolute Gasteiger partial charge is 0.395 e. The van der Waals surface area contributed by atoms with Gasteiger partial charge in [-0.05, 0) is 12.8 Å². The summed E-state index contributed by atoms with van der Waals surface area (Å²) in [6.07, 6.45) is -2.07. The number of rotatable bonds is 5. The molecule has 0 aromatic carbocycles. The van der Waals surface area contributed by atoms with Crippen LogP contribution in [-0.2, 0) is 0 Å². The second-order valence-corrected chi connectivity index (χ2v) is 4.57. The SMILES string of the molecule is OCCN(C[C@H](O)C(F)(F)F)C1CCCCC1. The van der Waals surface area contributed by atoms with Crippen LogP contribution >= 0.6 is 0 Å². The van der Waals surface area contributed by atoms with E-state index < -0.39 is 18.8 Å². The molecule has 0 unspecified atom stereocenters. The first-order valence-electron chi connectivity index (χ1n) is 6.05. The molecule has 0 aliphatic heterocycles. The number of hydrogen-bond acceptors (Lipinski definition) is 3. The van der Waals surface area contributed by atoms with E-state index >= 15 is 0 Å². The van der Waals surface area contributed by atoms with Crippen molar-refractivity contribution in [3.8, 4) is 0 Å². The molecule has 0 amide bonds. The van der Waals surface area contributed by atoms with Crippen molar-refractivity contribution in [1.82, 2.24) is 4.90 Å². The summed E-state index contributed by atoms with van der Waals surface area (Å²) in [7, 11) is 0. The summed E-state index contributed by atoms with van der Waals surface area (Å²) in [4.78, 5) is 1.57. The van der Waals surface area contributed by atoms with E-state index in [0.717, 1.165) is 32.1 Å². The number of aliphatic hydroxyl groups excluding tert-OH is 2. The number of hydrogen-bond donors (Lipinski definition) is 2. The Bertz CT molecular complexity index is 217. The molecule has 1 aliphatic rings. The minimum atomic E-state index is -4.58. The average Bonchev–Trinajstić information content (AvgIpc) is 2.28. The van der Waals surface area contributed by atoms with Gasteiger partial charge in [0.05, 0.1) is 6.61 Å². The van der Waals surface area contributed by atoms with Crippen molar-refractivity contribution in [2.24, 2.45) is 0 Å². The summed E-state index contributed by atoms with van der Waals surface area (Å²) in [6, 6.07) is 0.0629. The van der Waals surface area contributed by atoms with Gasteiger partial charge >= 0.3 is 6.18 Å². The van der Waals surface area contributed by atoms with Crippen LogP contribution in [0.4, 0.5) is 13.2 Å². The zero-order valence-electron chi connectivity index (χ0n) is 9.79. The number of alkyl halides is 3. The van der Waals surface area contributed by atoms with Gasteiger partial charge in [0.1, 0.15) is 0 Å². The predicted molar refractivity (Wildman–Crippen MR) is 57.6 cm³/mol. The van der Waals surface area contributed by atoms with Crippen LogP contribution in [0.3, 0.4) is 0 Å². The van der Waals surface area contributed by atoms with Gasteiger partial charge in [0, 0.05) is 19.1 Å². The van der Waals surface area contributed by atoms with Crippen LogP contribution in [-0.4, -0.2) is 53.1 Å². The fraction of sp³-hybridized carbons (Fsp3) is 1.00. The van der Waals surface area contributed by atoms with Gasteiger partial charge in [-0.2, -0.15) is 13.2 Å². The first-order chi connectivity index (χ1) is 7.95. The Morgan fingerprint density at radius 2 is 1.76 bits per heavy atom. The average molecular weight is 255 g/mol. The standard InChI is InChI=1S/C11H20F3NO2/c12-11(13,14)10(17)8-15(6-7-16)9-4-2-1-3-5-9/h9-10,16-17H,1-8H2/t10-/m0/s1. The van der Waals surface area contributed by atoms with Crippen molar-refractivity contribution >= 4 is 0 Å². The van der Waals surface area contributed by atoms with Gasteiger partial charge in [-0.3, -0.25) is 4.90 Å². The van der Waals surface area contributed by atoms with Crippen molar-refractivity contribution in [2.75, 3.05) is 19.7 Å². The number of halogens is 3. The zero-order valence-corrected chi connectivity index (χ0v) is 9.79. The van der Waals surface area contributed by atoms with E-state index in [1.54, 1.807) is 4.90 Å². The lowest BCUT2D eigenvalue weighted by atomic mass is 9.94. The Hall–Kier alpha value is -0.330. The van der Waals surface area contributed by atoms with Gasteiger partial charge in [0.15, 0.2) is 6.10 Å². The molecule has 1 rings (SSSR count). The summed E-state index contributed by atoms with van der Waals surface area (Å²) in [5, 5.41) is 17.9. The largest absolute Gasteiger partial charge is 0.415 e. The molecule has 1 atom stereocenters. The van der Waals surface area contributed by atoms with Crippen molar-refractivity contribution in [3.63, 3.8) is 0 Å². The summed E-state index contributed by atoms with van der Waals surface area (Å²) in [5.74, 6) is 0. The molecule has 0 heterocycles. The Kier molecular flexibility index (Phi) is 5.69. The third kappa shape index (κ3) is 4.81. The molecule has 1 aliphatic carbocycles. The van der Waals surface area contributed by atoms with Gasteiger partial charge in [-0.1, -0.05) is 19.3 Å². The molecule has 1 saturated carbocycles. The van der Waals surface area contributed by atoms with Crippen molar-refractivity contribution in [3.05, 3.63) is 0 Å². The Morgan fingerprint density at radius 3 is 2.24 bits per heavy atom. The van der Waals surface area contributed by atoms with E-state index in [1.165, 1.54) is 0 Å². The summed E-state index contributed by atoms with van der Waals surface area (Å²) in [6.45, 7) is -0.423. The van der Waals surface area contributed by atoms with E-state index in [1.807, 2.05) is 0 Å². The van der Waals surface area contributed by atoms with Crippen molar-refractivity contribution in [2.45, 2.75) is 50.4 Å². The predicted octanol–water partition coefficient (Wildman–Crippen LogP) is 1.54. The Morgan fingerprint density at radius 1 is 1.18 bits per heavy atom. The highest BCUT2D eigenvalue weighted by Crippen LogP contribution is 2.25. The molecule has 0 saturated heterocycles. The fourth-order valence-corrected chi connectivity index (χ4v) is 2.32.